The van der Waals surface area contributed by atoms with Gasteiger partial charge in [-0.2, -0.15) is 0 Å². The summed E-state index contributed by atoms with van der Waals surface area (Å²) >= 11 is 0. The van der Waals surface area contributed by atoms with Crippen LogP contribution in [0.25, 0.3) is 11.1 Å². The second-order valence-electron chi connectivity index (χ2n) is 13.1. The molecule has 52 heavy (non-hydrogen) atoms. The number of morpholine rings is 1. The molecule has 1 saturated heterocycles. The number of anilines is 2. The highest BCUT2D eigenvalue weighted by Crippen LogP contribution is 2.33. The fraction of sp³-hybridized carbons (Fsp3) is 0.357. The highest BCUT2D eigenvalue weighted by Gasteiger charge is 2.21. The Morgan fingerprint density at radius 1 is 0.846 bits per heavy atom. The van der Waals surface area contributed by atoms with E-state index in [0.717, 1.165) is 74.4 Å². The van der Waals surface area contributed by atoms with E-state index in [2.05, 4.69) is 15.5 Å². The van der Waals surface area contributed by atoms with Crippen LogP contribution >= 0.6 is 0 Å². The Morgan fingerprint density at radius 3 is 2.37 bits per heavy atom. The Bertz CT molecular complexity index is 1820. The van der Waals surface area contributed by atoms with Crippen LogP contribution in [0.1, 0.15) is 57.5 Å². The summed E-state index contributed by atoms with van der Waals surface area (Å²) < 4.78 is 17.2. The summed E-state index contributed by atoms with van der Waals surface area (Å²) in [6.45, 7) is 9.31. The normalized spacial score (nSPS) is 12.9. The topological polar surface area (TPSA) is 109 Å². The van der Waals surface area contributed by atoms with Crippen LogP contribution in [-0.4, -0.2) is 82.8 Å². The van der Waals surface area contributed by atoms with Crippen LogP contribution in [0, 0.1) is 13.8 Å². The van der Waals surface area contributed by atoms with Crippen LogP contribution in [-0.2, 0) is 9.53 Å². The molecular formula is C42H50N4O6. The molecule has 0 radical (unpaired) electrons. The van der Waals surface area contributed by atoms with Gasteiger partial charge in [0.1, 0.15) is 11.5 Å². The average molecular weight is 707 g/mol. The van der Waals surface area contributed by atoms with Crippen molar-refractivity contribution in [1.82, 2.24) is 10.2 Å². The third-order valence-corrected chi connectivity index (χ3v) is 9.17. The van der Waals surface area contributed by atoms with Crippen LogP contribution in [0.4, 0.5) is 11.4 Å². The Labute approximate surface area is 307 Å². The maximum absolute atomic E-state index is 13.8. The van der Waals surface area contributed by atoms with E-state index in [9.17, 15) is 14.4 Å². The van der Waals surface area contributed by atoms with Crippen molar-refractivity contribution >= 4 is 29.1 Å². The van der Waals surface area contributed by atoms with Crippen molar-refractivity contribution in [1.29, 1.82) is 0 Å². The molecule has 10 heteroatoms. The molecule has 274 valence electrons. The summed E-state index contributed by atoms with van der Waals surface area (Å²) in [5.41, 5.74) is 5.94. The third kappa shape index (κ3) is 10.4. The van der Waals surface area contributed by atoms with E-state index in [1.807, 2.05) is 74.5 Å². The maximum Gasteiger partial charge on any atom is 0.258 e. The second kappa shape index (κ2) is 18.9. The molecule has 2 N–H and O–H groups in total. The van der Waals surface area contributed by atoms with Crippen molar-refractivity contribution in [2.45, 2.75) is 39.5 Å². The molecule has 10 nitrogen and oxygen atoms in total. The van der Waals surface area contributed by atoms with Crippen LogP contribution in [0.5, 0.6) is 11.5 Å². The van der Waals surface area contributed by atoms with Crippen molar-refractivity contribution < 1.29 is 28.6 Å². The molecule has 0 spiro atoms. The van der Waals surface area contributed by atoms with E-state index in [0.29, 0.717) is 53.6 Å². The third-order valence-electron chi connectivity index (χ3n) is 9.17. The molecule has 1 heterocycles. The van der Waals surface area contributed by atoms with Crippen molar-refractivity contribution in [3.63, 3.8) is 0 Å². The predicted molar refractivity (Wildman–Crippen MR) is 206 cm³/mol. The van der Waals surface area contributed by atoms with Crippen molar-refractivity contribution in [3.05, 3.63) is 107 Å². The van der Waals surface area contributed by atoms with Gasteiger partial charge in [0, 0.05) is 50.8 Å². The maximum atomic E-state index is 13.8. The number of carbonyl (C=O) groups excluding carboxylic acids is 3. The summed E-state index contributed by atoms with van der Waals surface area (Å²) in [6, 6.07) is 26.2. The molecule has 0 atom stereocenters. The number of unbranched alkanes of at least 4 members (excludes halogenated alkanes) is 2. The number of carbonyl (C=O) groups is 3. The number of methoxy groups -OCH3 is 1. The molecule has 0 unspecified atom stereocenters. The first-order chi connectivity index (χ1) is 25.2. The van der Waals surface area contributed by atoms with E-state index in [4.69, 9.17) is 14.2 Å². The number of benzene rings is 4. The number of rotatable bonds is 16. The van der Waals surface area contributed by atoms with Gasteiger partial charge in [-0.1, -0.05) is 54.1 Å². The monoisotopic (exact) mass is 706 g/mol. The van der Waals surface area contributed by atoms with E-state index in [1.165, 1.54) is 7.11 Å². The van der Waals surface area contributed by atoms with Gasteiger partial charge < -0.3 is 29.7 Å². The Balaban J connectivity index is 1.15. The number of amides is 3. The number of nitrogens with zero attached hydrogens (tertiary/aromatic N) is 2. The first-order valence-corrected chi connectivity index (χ1v) is 18.0. The molecule has 3 amide bonds. The van der Waals surface area contributed by atoms with E-state index in [-0.39, 0.29) is 17.7 Å². The van der Waals surface area contributed by atoms with E-state index in [1.54, 1.807) is 36.2 Å². The average Bonchev–Trinajstić information content (AvgIpc) is 3.16. The number of nitrogens with one attached hydrogen (secondary N) is 2. The first-order valence-electron chi connectivity index (χ1n) is 18.0. The number of hydrogen-bond acceptors (Lipinski definition) is 7. The summed E-state index contributed by atoms with van der Waals surface area (Å²) in [4.78, 5) is 43.4. The van der Waals surface area contributed by atoms with Gasteiger partial charge in [0.15, 0.2) is 0 Å². The molecular weight excluding hydrogens is 656 g/mol. The van der Waals surface area contributed by atoms with Crippen LogP contribution in [0.2, 0.25) is 0 Å². The molecule has 1 aliphatic rings. The van der Waals surface area contributed by atoms with Gasteiger partial charge >= 0.3 is 0 Å². The van der Waals surface area contributed by atoms with E-state index >= 15 is 0 Å². The zero-order valence-corrected chi connectivity index (χ0v) is 30.7. The van der Waals surface area contributed by atoms with Gasteiger partial charge in [-0.3, -0.25) is 19.3 Å². The molecule has 0 saturated carbocycles. The van der Waals surface area contributed by atoms with Crippen molar-refractivity contribution in [3.8, 4) is 22.6 Å². The van der Waals surface area contributed by atoms with E-state index < -0.39 is 0 Å². The summed E-state index contributed by atoms with van der Waals surface area (Å²) in [5.74, 6) is 0.515. The van der Waals surface area contributed by atoms with Crippen molar-refractivity contribution in [2.75, 3.05) is 70.4 Å². The first kappa shape index (κ1) is 38.1. The Hall–Kier alpha value is -5.19. The highest BCUT2D eigenvalue weighted by atomic mass is 16.5. The smallest absolute Gasteiger partial charge is 0.258 e. The lowest BCUT2D eigenvalue weighted by Gasteiger charge is -2.26. The predicted octanol–water partition coefficient (Wildman–Crippen LogP) is 6.90. The molecule has 1 aliphatic heterocycles. The fourth-order valence-electron chi connectivity index (χ4n) is 6.11. The Kier molecular flexibility index (Phi) is 13.8. The minimum absolute atomic E-state index is 0.0748. The summed E-state index contributed by atoms with van der Waals surface area (Å²) in [5, 5.41) is 5.98. The zero-order valence-electron chi connectivity index (χ0n) is 30.7. The number of hydrogen-bond donors (Lipinski definition) is 2. The zero-order chi connectivity index (χ0) is 36.9. The largest absolute Gasteiger partial charge is 0.495 e. The van der Waals surface area contributed by atoms with Crippen LogP contribution in [0.3, 0.4) is 0 Å². The lowest BCUT2D eigenvalue weighted by atomic mass is 9.98. The molecule has 4 aromatic rings. The molecule has 1 fully saturated rings. The lowest BCUT2D eigenvalue weighted by Crippen LogP contribution is -2.41. The van der Waals surface area contributed by atoms with Gasteiger partial charge in [0.05, 0.1) is 38.3 Å². The van der Waals surface area contributed by atoms with Gasteiger partial charge in [0.2, 0.25) is 5.91 Å². The molecule has 4 aromatic carbocycles. The Morgan fingerprint density at radius 2 is 1.60 bits per heavy atom. The summed E-state index contributed by atoms with van der Waals surface area (Å²) in [7, 11) is 3.22. The van der Waals surface area contributed by atoms with Crippen LogP contribution < -0.4 is 25.0 Å². The van der Waals surface area contributed by atoms with Gasteiger partial charge in [0.25, 0.3) is 11.8 Å². The van der Waals surface area contributed by atoms with Crippen molar-refractivity contribution in [2.24, 2.45) is 0 Å². The minimum atomic E-state index is -0.283. The number of aryl methyl sites for hydroxylation is 2. The van der Waals surface area contributed by atoms with Gasteiger partial charge in [-0.15, -0.1) is 0 Å². The molecule has 5 rings (SSSR count). The summed E-state index contributed by atoms with van der Waals surface area (Å²) in [6.07, 6.45) is 2.91. The SMILES string of the molecule is COc1cc(C(=O)N(C)c2ccc(C)cc2OCCCCCC(=O)NCCN2CCOCC2)ccc1NC(=O)c1ccccc1-c1ccc(C)cc1. The molecule has 0 aromatic heterocycles. The second-order valence-corrected chi connectivity index (χ2v) is 13.1. The highest BCUT2D eigenvalue weighted by molar-refractivity contribution is 6.10. The quantitative estimate of drug-likeness (QED) is 0.122. The fourth-order valence-corrected chi connectivity index (χ4v) is 6.11. The van der Waals surface area contributed by atoms with Gasteiger partial charge in [-0.25, -0.2) is 0 Å². The molecule has 0 aliphatic carbocycles. The number of ether oxygens (including phenoxy) is 3. The standard InChI is InChI=1S/C42H50N4O6/c1-30-13-16-32(17-14-30)34-10-7-8-11-35(34)41(48)44-36-19-18-33(29-38(36)50-4)42(49)45(3)37-20-15-31(2)28-39(37)52-25-9-5-6-12-40(47)43-21-22-46-23-26-51-27-24-46/h7-8,10-11,13-20,28-29H,5-6,9,12,21-27H2,1-4H3,(H,43,47)(H,44,48). The lowest BCUT2D eigenvalue weighted by molar-refractivity contribution is -0.121. The van der Waals surface area contributed by atoms with Crippen LogP contribution in [0.15, 0.2) is 84.9 Å². The van der Waals surface area contributed by atoms with Gasteiger partial charge in [-0.05, 0) is 86.2 Å². The minimum Gasteiger partial charge on any atom is -0.495 e. The molecule has 0 bridgehead atoms.